The van der Waals surface area contributed by atoms with Gasteiger partial charge in [-0.3, -0.25) is 4.79 Å². The quantitative estimate of drug-likeness (QED) is 0.638. The highest BCUT2D eigenvalue weighted by atomic mass is 32.1. The summed E-state index contributed by atoms with van der Waals surface area (Å²) in [6, 6.07) is 12.6. The maximum atomic E-state index is 12.4. The first-order valence-corrected chi connectivity index (χ1v) is 9.73. The number of nitrogens with one attached hydrogen (secondary N) is 1. The summed E-state index contributed by atoms with van der Waals surface area (Å²) in [6.07, 6.45) is -0.933. The van der Waals surface area contributed by atoms with Crippen LogP contribution in [0.5, 0.6) is 0 Å². The number of nitrogens with two attached hydrogens (primary N) is 1. The van der Waals surface area contributed by atoms with E-state index in [0.717, 1.165) is 10.2 Å². The van der Waals surface area contributed by atoms with Crippen LogP contribution in [0.3, 0.4) is 0 Å². The van der Waals surface area contributed by atoms with Crippen LogP contribution < -0.4 is 11.1 Å². The third-order valence-corrected chi connectivity index (χ3v) is 5.16. The molecular weight excluding hydrogens is 374 g/mol. The molecule has 0 aliphatic carbocycles. The Kier molecular flexibility index (Phi) is 5.38. The van der Waals surface area contributed by atoms with Gasteiger partial charge in [0.1, 0.15) is 0 Å². The zero-order valence-corrected chi connectivity index (χ0v) is 17.1. The van der Waals surface area contributed by atoms with Crippen LogP contribution in [0.2, 0.25) is 0 Å². The lowest BCUT2D eigenvalue weighted by molar-refractivity contribution is -0.123. The van der Waals surface area contributed by atoms with Crippen LogP contribution in [0.1, 0.15) is 43.6 Å². The predicted molar refractivity (Wildman–Crippen MR) is 113 cm³/mol. The molecule has 146 valence electrons. The van der Waals surface area contributed by atoms with Gasteiger partial charge in [0.15, 0.2) is 11.2 Å². The van der Waals surface area contributed by atoms with Crippen LogP contribution in [0.25, 0.3) is 10.2 Å². The van der Waals surface area contributed by atoms with Crippen LogP contribution in [-0.2, 0) is 14.9 Å². The van der Waals surface area contributed by atoms with Gasteiger partial charge in [-0.25, -0.2) is 9.78 Å². The molecule has 0 saturated carbocycles. The van der Waals surface area contributed by atoms with Crippen LogP contribution in [0.4, 0.5) is 10.8 Å². The fraction of sp³-hybridized carbons (Fsp3) is 0.286. The molecule has 1 heterocycles. The number of carbonyl (C=O) groups is 2. The highest BCUT2D eigenvalue weighted by molar-refractivity contribution is 7.22. The number of thiazole rings is 1. The van der Waals surface area contributed by atoms with Crippen molar-refractivity contribution < 1.29 is 14.3 Å². The molecule has 2 aromatic carbocycles. The molecule has 0 aliphatic rings. The van der Waals surface area contributed by atoms with E-state index < -0.39 is 12.1 Å². The zero-order valence-electron chi connectivity index (χ0n) is 16.3. The molecule has 0 fully saturated rings. The van der Waals surface area contributed by atoms with E-state index in [2.05, 4.69) is 31.1 Å². The van der Waals surface area contributed by atoms with Gasteiger partial charge < -0.3 is 15.8 Å². The van der Waals surface area contributed by atoms with Crippen LogP contribution in [0.15, 0.2) is 42.5 Å². The van der Waals surface area contributed by atoms with Gasteiger partial charge in [-0.05, 0) is 48.2 Å². The van der Waals surface area contributed by atoms with Crippen LogP contribution in [0, 0.1) is 0 Å². The lowest BCUT2D eigenvalue weighted by Gasteiger charge is -2.19. The molecule has 1 aromatic heterocycles. The van der Waals surface area contributed by atoms with Gasteiger partial charge in [-0.2, -0.15) is 0 Å². The maximum Gasteiger partial charge on any atom is 0.338 e. The van der Waals surface area contributed by atoms with Crippen molar-refractivity contribution in [3.8, 4) is 0 Å². The van der Waals surface area contributed by atoms with Gasteiger partial charge in [0.05, 0.1) is 15.8 Å². The Balaban J connectivity index is 1.63. The topological polar surface area (TPSA) is 94.3 Å². The number of aromatic nitrogens is 1. The second-order valence-electron chi connectivity index (χ2n) is 7.60. The Morgan fingerprint density at radius 2 is 1.82 bits per heavy atom. The molecule has 1 amide bonds. The van der Waals surface area contributed by atoms with Crippen LogP contribution in [-0.4, -0.2) is 23.0 Å². The molecule has 0 unspecified atom stereocenters. The Morgan fingerprint density at radius 1 is 1.14 bits per heavy atom. The van der Waals surface area contributed by atoms with E-state index in [1.165, 1.54) is 16.9 Å². The highest BCUT2D eigenvalue weighted by Crippen LogP contribution is 2.25. The van der Waals surface area contributed by atoms with Gasteiger partial charge in [0.2, 0.25) is 0 Å². The molecule has 3 aromatic rings. The van der Waals surface area contributed by atoms with Gasteiger partial charge >= 0.3 is 5.97 Å². The number of ether oxygens (including phenoxy) is 1. The number of carbonyl (C=O) groups excluding carboxylic acids is 2. The lowest BCUT2D eigenvalue weighted by Crippen LogP contribution is -2.30. The number of nitrogens with zero attached hydrogens (tertiary/aromatic N) is 1. The number of hydrogen-bond donors (Lipinski definition) is 2. The number of nitrogen functional groups attached to an aromatic ring is 1. The molecular formula is C21H23N3O3S. The van der Waals surface area contributed by atoms with E-state index in [9.17, 15) is 9.59 Å². The average molecular weight is 398 g/mol. The predicted octanol–water partition coefficient (Wildman–Crippen LogP) is 4.36. The van der Waals surface area contributed by atoms with Crippen molar-refractivity contribution in [2.75, 3.05) is 11.1 Å². The summed E-state index contributed by atoms with van der Waals surface area (Å²) in [5.74, 6) is -0.959. The summed E-state index contributed by atoms with van der Waals surface area (Å²) in [7, 11) is 0. The molecule has 0 saturated heterocycles. The summed E-state index contributed by atoms with van der Waals surface area (Å²) < 4.78 is 6.10. The molecule has 0 bridgehead atoms. The van der Waals surface area contributed by atoms with Crippen molar-refractivity contribution in [2.45, 2.75) is 39.2 Å². The van der Waals surface area contributed by atoms with E-state index in [0.29, 0.717) is 16.4 Å². The molecule has 3 rings (SSSR count). The number of fused-ring (bicyclic) bond motifs is 1. The Bertz CT molecular complexity index is 1020. The molecule has 0 radical (unpaired) electrons. The minimum absolute atomic E-state index is 0.0369. The van der Waals surface area contributed by atoms with Gasteiger partial charge in [-0.1, -0.05) is 44.2 Å². The number of anilines is 2. The molecule has 1 atom stereocenters. The first-order chi connectivity index (χ1) is 13.1. The first kappa shape index (κ1) is 19.8. The second kappa shape index (κ2) is 7.59. The van der Waals surface area contributed by atoms with Gasteiger partial charge in [0.25, 0.3) is 5.91 Å². The monoisotopic (exact) mass is 397 g/mol. The number of amides is 1. The third-order valence-electron chi connectivity index (χ3n) is 4.31. The van der Waals surface area contributed by atoms with Crippen molar-refractivity contribution in [1.29, 1.82) is 0 Å². The summed E-state index contributed by atoms with van der Waals surface area (Å²) in [5, 5.41) is 3.21. The van der Waals surface area contributed by atoms with Gasteiger partial charge in [-0.15, -0.1) is 0 Å². The zero-order chi connectivity index (χ0) is 20.5. The van der Waals surface area contributed by atoms with E-state index >= 15 is 0 Å². The average Bonchev–Trinajstić information content (AvgIpc) is 3.00. The smallest absolute Gasteiger partial charge is 0.338 e. The summed E-state index contributed by atoms with van der Waals surface area (Å²) in [6.45, 7) is 7.92. The molecule has 6 nitrogen and oxygen atoms in total. The molecule has 3 N–H and O–H groups in total. The van der Waals surface area contributed by atoms with Crippen molar-refractivity contribution in [1.82, 2.24) is 4.98 Å². The fourth-order valence-corrected chi connectivity index (χ4v) is 3.42. The fourth-order valence-electron chi connectivity index (χ4n) is 2.65. The summed E-state index contributed by atoms with van der Waals surface area (Å²) >= 11 is 1.29. The number of esters is 1. The van der Waals surface area contributed by atoms with Crippen molar-refractivity contribution in [2.24, 2.45) is 0 Å². The third kappa shape index (κ3) is 4.48. The SMILES string of the molecule is C[C@@H](OC(=O)c1ccc2nc(N)sc2c1)C(=O)Nc1ccc(C(C)(C)C)cc1. The molecule has 0 spiro atoms. The van der Waals surface area contributed by atoms with E-state index in [-0.39, 0.29) is 11.3 Å². The Morgan fingerprint density at radius 3 is 2.46 bits per heavy atom. The number of rotatable bonds is 4. The molecule has 0 aliphatic heterocycles. The Labute approximate surface area is 167 Å². The first-order valence-electron chi connectivity index (χ1n) is 8.92. The van der Waals surface area contributed by atoms with Crippen molar-refractivity contribution in [3.05, 3.63) is 53.6 Å². The minimum Gasteiger partial charge on any atom is -0.449 e. The largest absolute Gasteiger partial charge is 0.449 e. The molecule has 28 heavy (non-hydrogen) atoms. The second-order valence-corrected chi connectivity index (χ2v) is 8.66. The minimum atomic E-state index is -0.933. The maximum absolute atomic E-state index is 12.4. The summed E-state index contributed by atoms with van der Waals surface area (Å²) in [4.78, 5) is 28.9. The molecule has 7 heteroatoms. The highest BCUT2D eigenvalue weighted by Gasteiger charge is 2.20. The number of hydrogen-bond acceptors (Lipinski definition) is 6. The van der Waals surface area contributed by atoms with E-state index in [1.54, 1.807) is 25.1 Å². The van der Waals surface area contributed by atoms with E-state index in [1.807, 2.05) is 24.3 Å². The standard InChI is InChI=1S/C21H23N3O3S/c1-12(18(25)23-15-8-6-14(7-9-15)21(2,3)4)27-19(26)13-5-10-16-17(11-13)28-20(22)24-16/h5-12H,1-4H3,(H2,22,24)(H,23,25)/t12-/m1/s1. The normalized spacial score (nSPS) is 12.6. The van der Waals surface area contributed by atoms with Crippen molar-refractivity contribution >= 4 is 44.2 Å². The lowest BCUT2D eigenvalue weighted by atomic mass is 9.87. The summed E-state index contributed by atoms with van der Waals surface area (Å²) in [5.41, 5.74) is 8.62. The Hall–Kier alpha value is -2.93. The van der Waals surface area contributed by atoms with Gasteiger partial charge in [0, 0.05) is 5.69 Å². The number of benzene rings is 2. The van der Waals surface area contributed by atoms with Crippen molar-refractivity contribution in [3.63, 3.8) is 0 Å². The van der Waals surface area contributed by atoms with E-state index in [4.69, 9.17) is 10.5 Å². The van der Waals surface area contributed by atoms with Crippen LogP contribution >= 0.6 is 11.3 Å².